The van der Waals surface area contributed by atoms with Crippen LogP contribution >= 0.6 is 0 Å². The van der Waals surface area contributed by atoms with Crippen LogP contribution in [0.5, 0.6) is 0 Å². The fraction of sp³-hybridized carbons (Fsp3) is 0.167. The number of amides is 2. The van der Waals surface area contributed by atoms with Gasteiger partial charge in [0.2, 0.25) is 0 Å². The maximum Gasteiger partial charge on any atom is 0.338 e. The maximum atomic E-state index is 12.3. The Kier molecular flexibility index (Phi) is 3.93. The molecule has 0 aliphatic carbocycles. The van der Waals surface area contributed by atoms with Gasteiger partial charge >= 0.3 is 5.97 Å². The molecule has 0 atom stereocenters. The monoisotopic (exact) mass is 309 g/mol. The summed E-state index contributed by atoms with van der Waals surface area (Å²) in [6.45, 7) is 2.24. The molecule has 2 amide bonds. The number of carbonyl (C=O) groups is 3. The summed E-state index contributed by atoms with van der Waals surface area (Å²) in [5.41, 5.74) is 2.08. The SMILES string of the molecule is CCOC(=O)c1ccc(CN2C(=O)c3ccccc3C2=O)cc1. The van der Waals surface area contributed by atoms with E-state index in [1.807, 2.05) is 0 Å². The third-order valence-corrected chi connectivity index (χ3v) is 3.68. The lowest BCUT2D eigenvalue weighted by molar-refractivity contribution is 0.0524. The number of hydrogen-bond donors (Lipinski definition) is 0. The molecule has 0 unspecified atom stereocenters. The van der Waals surface area contributed by atoms with E-state index in [0.29, 0.717) is 23.3 Å². The second-order valence-corrected chi connectivity index (χ2v) is 5.16. The molecule has 1 aliphatic rings. The Hall–Kier alpha value is -2.95. The molecule has 0 radical (unpaired) electrons. The highest BCUT2D eigenvalue weighted by atomic mass is 16.5. The fourth-order valence-electron chi connectivity index (χ4n) is 2.53. The third kappa shape index (κ3) is 2.73. The fourth-order valence-corrected chi connectivity index (χ4v) is 2.53. The van der Waals surface area contributed by atoms with Crippen LogP contribution in [0.1, 0.15) is 43.6 Å². The van der Waals surface area contributed by atoms with Crippen LogP contribution in [0.15, 0.2) is 48.5 Å². The van der Waals surface area contributed by atoms with Gasteiger partial charge < -0.3 is 4.74 Å². The van der Waals surface area contributed by atoms with Crippen molar-refractivity contribution in [1.82, 2.24) is 4.90 Å². The van der Waals surface area contributed by atoms with Crippen molar-refractivity contribution in [3.8, 4) is 0 Å². The second kappa shape index (κ2) is 6.04. The van der Waals surface area contributed by atoms with Gasteiger partial charge in [-0.2, -0.15) is 0 Å². The van der Waals surface area contributed by atoms with Gasteiger partial charge in [0.15, 0.2) is 0 Å². The minimum Gasteiger partial charge on any atom is -0.462 e. The van der Waals surface area contributed by atoms with Gasteiger partial charge in [-0.1, -0.05) is 24.3 Å². The topological polar surface area (TPSA) is 63.7 Å². The van der Waals surface area contributed by atoms with Gasteiger partial charge in [-0.3, -0.25) is 14.5 Å². The minimum absolute atomic E-state index is 0.176. The van der Waals surface area contributed by atoms with E-state index in [0.717, 1.165) is 5.56 Å². The number of fused-ring (bicyclic) bond motifs is 1. The molecule has 116 valence electrons. The van der Waals surface area contributed by atoms with Crippen molar-refractivity contribution in [3.63, 3.8) is 0 Å². The molecule has 2 aromatic rings. The van der Waals surface area contributed by atoms with Crippen LogP contribution in [0, 0.1) is 0 Å². The molecule has 0 N–H and O–H groups in total. The van der Waals surface area contributed by atoms with E-state index in [9.17, 15) is 14.4 Å². The summed E-state index contributed by atoms with van der Waals surface area (Å²) < 4.78 is 4.92. The molecule has 3 rings (SSSR count). The van der Waals surface area contributed by atoms with Gasteiger partial charge in [-0.25, -0.2) is 4.79 Å². The van der Waals surface area contributed by atoms with Crippen LogP contribution in [-0.4, -0.2) is 29.3 Å². The van der Waals surface area contributed by atoms with Crippen LogP contribution in [0.25, 0.3) is 0 Å². The Labute approximate surface area is 133 Å². The van der Waals surface area contributed by atoms with Gasteiger partial charge in [-0.15, -0.1) is 0 Å². The Morgan fingerprint density at radius 1 is 0.957 bits per heavy atom. The van der Waals surface area contributed by atoms with Crippen LogP contribution in [-0.2, 0) is 11.3 Å². The van der Waals surface area contributed by atoms with E-state index >= 15 is 0 Å². The van der Waals surface area contributed by atoms with E-state index in [1.54, 1.807) is 55.5 Å². The lowest BCUT2D eigenvalue weighted by Crippen LogP contribution is -2.29. The van der Waals surface area contributed by atoms with Crippen molar-refractivity contribution in [3.05, 3.63) is 70.8 Å². The summed E-state index contributed by atoms with van der Waals surface area (Å²) in [7, 11) is 0. The maximum absolute atomic E-state index is 12.3. The average Bonchev–Trinajstić information content (AvgIpc) is 2.81. The number of hydrogen-bond acceptors (Lipinski definition) is 4. The van der Waals surface area contributed by atoms with Crippen LogP contribution < -0.4 is 0 Å². The van der Waals surface area contributed by atoms with Gasteiger partial charge in [0.05, 0.1) is 29.8 Å². The number of ether oxygens (including phenoxy) is 1. The second-order valence-electron chi connectivity index (χ2n) is 5.16. The number of esters is 1. The van der Waals surface area contributed by atoms with Gasteiger partial charge in [0, 0.05) is 0 Å². The highest BCUT2D eigenvalue weighted by Gasteiger charge is 2.34. The van der Waals surface area contributed by atoms with Crippen molar-refractivity contribution < 1.29 is 19.1 Å². The summed E-state index contributed by atoms with van der Waals surface area (Å²) in [6.07, 6.45) is 0. The van der Waals surface area contributed by atoms with Crippen LogP contribution in [0.4, 0.5) is 0 Å². The Bertz CT molecular complexity index is 745. The zero-order valence-electron chi connectivity index (χ0n) is 12.6. The Balaban J connectivity index is 1.77. The van der Waals surface area contributed by atoms with Crippen molar-refractivity contribution in [1.29, 1.82) is 0 Å². The van der Waals surface area contributed by atoms with Crippen LogP contribution in [0.2, 0.25) is 0 Å². The summed E-state index contributed by atoms with van der Waals surface area (Å²) in [6, 6.07) is 13.5. The highest BCUT2D eigenvalue weighted by molar-refractivity contribution is 6.21. The van der Waals surface area contributed by atoms with E-state index in [1.165, 1.54) is 4.90 Å². The summed E-state index contributed by atoms with van der Waals surface area (Å²) in [5.74, 6) is -0.972. The zero-order chi connectivity index (χ0) is 16.4. The van der Waals surface area contributed by atoms with Crippen molar-refractivity contribution in [2.45, 2.75) is 13.5 Å². The molecule has 5 heteroatoms. The van der Waals surface area contributed by atoms with Gasteiger partial charge in [0.1, 0.15) is 0 Å². The molecule has 1 aliphatic heterocycles. The molecule has 1 heterocycles. The molecule has 0 fully saturated rings. The molecule has 0 spiro atoms. The minimum atomic E-state index is -0.389. The number of carbonyl (C=O) groups excluding carboxylic acids is 3. The van der Waals surface area contributed by atoms with Gasteiger partial charge in [-0.05, 0) is 36.8 Å². The van der Waals surface area contributed by atoms with Crippen LogP contribution in [0.3, 0.4) is 0 Å². The number of benzene rings is 2. The predicted octanol–water partition coefficient (Wildman–Crippen LogP) is 2.66. The molecular weight excluding hydrogens is 294 g/mol. The van der Waals surface area contributed by atoms with Crippen molar-refractivity contribution in [2.24, 2.45) is 0 Å². The van der Waals surface area contributed by atoms with Crippen molar-refractivity contribution in [2.75, 3.05) is 6.61 Å². The highest BCUT2D eigenvalue weighted by Crippen LogP contribution is 2.24. The molecule has 0 saturated heterocycles. The first kappa shape index (κ1) is 15.0. The molecule has 23 heavy (non-hydrogen) atoms. The zero-order valence-corrected chi connectivity index (χ0v) is 12.6. The van der Waals surface area contributed by atoms with E-state index in [2.05, 4.69) is 0 Å². The normalized spacial score (nSPS) is 13.2. The molecular formula is C18H15NO4. The summed E-state index contributed by atoms with van der Waals surface area (Å²) in [4.78, 5) is 37.4. The molecule has 0 bridgehead atoms. The largest absolute Gasteiger partial charge is 0.462 e. The predicted molar refractivity (Wildman–Crippen MR) is 83.0 cm³/mol. The average molecular weight is 309 g/mol. The standard InChI is InChI=1S/C18H15NO4/c1-2-23-18(22)13-9-7-12(8-10-13)11-19-16(20)14-5-3-4-6-15(14)17(19)21/h3-10H,2,11H2,1H3. The van der Waals surface area contributed by atoms with Crippen molar-refractivity contribution >= 4 is 17.8 Å². The first-order valence-corrected chi connectivity index (χ1v) is 7.33. The summed E-state index contributed by atoms with van der Waals surface area (Å²) in [5, 5.41) is 0. The molecule has 2 aromatic carbocycles. The molecule has 0 saturated carbocycles. The van der Waals surface area contributed by atoms with E-state index < -0.39 is 0 Å². The van der Waals surface area contributed by atoms with E-state index in [-0.39, 0.29) is 24.3 Å². The Morgan fingerprint density at radius 3 is 2.04 bits per heavy atom. The first-order valence-electron chi connectivity index (χ1n) is 7.33. The molecule has 5 nitrogen and oxygen atoms in total. The molecule has 0 aromatic heterocycles. The van der Waals surface area contributed by atoms with E-state index in [4.69, 9.17) is 4.74 Å². The number of nitrogens with zero attached hydrogens (tertiary/aromatic N) is 1. The smallest absolute Gasteiger partial charge is 0.338 e. The first-order chi connectivity index (χ1) is 11.1. The number of imide groups is 1. The lowest BCUT2D eigenvalue weighted by atomic mass is 10.1. The number of rotatable bonds is 4. The Morgan fingerprint density at radius 2 is 1.52 bits per heavy atom. The van der Waals surface area contributed by atoms with Gasteiger partial charge in [0.25, 0.3) is 11.8 Å². The lowest BCUT2D eigenvalue weighted by Gasteiger charge is -2.14. The summed E-state index contributed by atoms with van der Waals surface area (Å²) >= 11 is 0. The quantitative estimate of drug-likeness (QED) is 0.643. The third-order valence-electron chi connectivity index (χ3n) is 3.68.